The zero-order valence-corrected chi connectivity index (χ0v) is 17.0. The van der Waals surface area contributed by atoms with Gasteiger partial charge in [0.2, 0.25) is 11.8 Å². The topological polar surface area (TPSA) is 63.4 Å². The number of anilines is 1. The van der Waals surface area contributed by atoms with Gasteiger partial charge in [-0.05, 0) is 48.7 Å². The molecule has 0 aliphatic heterocycles. The van der Waals surface area contributed by atoms with Gasteiger partial charge in [0.25, 0.3) is 0 Å². The fraction of sp³-hybridized carbons (Fsp3) is 0.364. The summed E-state index contributed by atoms with van der Waals surface area (Å²) in [6.07, 6.45) is -0.618. The highest BCUT2D eigenvalue weighted by Gasteiger charge is 2.35. The first-order valence-corrected chi connectivity index (χ1v) is 10.1. The minimum atomic E-state index is -4.72. The Morgan fingerprint density at radius 2 is 1.77 bits per heavy atom. The highest BCUT2D eigenvalue weighted by atomic mass is 35.5. The van der Waals surface area contributed by atoms with E-state index >= 15 is 0 Å². The van der Waals surface area contributed by atoms with Crippen molar-refractivity contribution in [3.8, 4) is 0 Å². The fourth-order valence-electron chi connectivity index (χ4n) is 3.92. The van der Waals surface area contributed by atoms with Gasteiger partial charge in [0, 0.05) is 22.3 Å². The van der Waals surface area contributed by atoms with E-state index in [0.717, 1.165) is 38.2 Å². The number of primary amides is 1. The number of nitrogens with two attached hydrogens (primary N) is 1. The Morgan fingerprint density at radius 1 is 1.07 bits per heavy atom. The normalized spacial score (nSPS) is 15.1. The first-order valence-electron chi connectivity index (χ1n) is 9.74. The third kappa shape index (κ3) is 5.14. The zero-order valence-electron chi connectivity index (χ0n) is 16.2. The minimum Gasteiger partial charge on any atom is -0.366 e. The number of carbonyl (C=O) groups excluding carboxylic acids is 2. The van der Waals surface area contributed by atoms with Crippen LogP contribution in [-0.4, -0.2) is 17.9 Å². The Balaban J connectivity index is 1.97. The third-order valence-electron chi connectivity index (χ3n) is 5.34. The quantitative estimate of drug-likeness (QED) is 0.682. The van der Waals surface area contributed by atoms with Crippen molar-refractivity contribution < 1.29 is 22.8 Å². The van der Waals surface area contributed by atoms with Crippen molar-refractivity contribution in [2.45, 2.75) is 50.7 Å². The van der Waals surface area contributed by atoms with E-state index in [0.29, 0.717) is 16.8 Å². The molecule has 0 aromatic heterocycles. The number of nitrogens with zero attached hydrogens (tertiary/aromatic N) is 1. The van der Waals surface area contributed by atoms with Gasteiger partial charge in [-0.15, -0.1) is 0 Å². The van der Waals surface area contributed by atoms with Crippen LogP contribution >= 0.6 is 11.6 Å². The smallest absolute Gasteiger partial charge is 0.366 e. The maximum atomic E-state index is 13.6. The molecule has 3 rings (SSSR count). The molecule has 2 aromatic rings. The second kappa shape index (κ2) is 9.08. The number of hydrogen-bond donors (Lipinski definition) is 1. The van der Waals surface area contributed by atoms with Crippen LogP contribution in [0.3, 0.4) is 0 Å². The average Bonchev–Trinajstić information content (AvgIpc) is 2.68. The Bertz CT molecular complexity index is 940. The van der Waals surface area contributed by atoms with E-state index < -0.39 is 30.0 Å². The van der Waals surface area contributed by atoms with E-state index in [1.54, 1.807) is 29.2 Å². The number of rotatable bonds is 5. The van der Waals surface area contributed by atoms with Crippen LogP contribution in [0.25, 0.3) is 0 Å². The summed E-state index contributed by atoms with van der Waals surface area (Å²) in [5.74, 6) is -1.40. The van der Waals surface area contributed by atoms with Gasteiger partial charge in [-0.2, -0.15) is 13.2 Å². The minimum absolute atomic E-state index is 0.0936. The maximum absolute atomic E-state index is 13.6. The summed E-state index contributed by atoms with van der Waals surface area (Å²) in [5, 5.41) is 0.447. The zero-order chi connectivity index (χ0) is 21.9. The number of benzene rings is 2. The summed E-state index contributed by atoms with van der Waals surface area (Å²) in [4.78, 5) is 26.1. The molecule has 4 nitrogen and oxygen atoms in total. The Hall–Kier alpha value is -2.54. The van der Waals surface area contributed by atoms with Crippen molar-refractivity contribution >= 4 is 29.1 Å². The molecule has 1 aliphatic carbocycles. The molecule has 8 heteroatoms. The van der Waals surface area contributed by atoms with Crippen LogP contribution in [0.5, 0.6) is 0 Å². The van der Waals surface area contributed by atoms with Crippen LogP contribution < -0.4 is 10.6 Å². The van der Waals surface area contributed by atoms with E-state index in [4.69, 9.17) is 17.3 Å². The first-order chi connectivity index (χ1) is 14.2. The molecule has 0 heterocycles. The summed E-state index contributed by atoms with van der Waals surface area (Å²) < 4.78 is 40.7. The van der Waals surface area contributed by atoms with E-state index in [1.807, 2.05) is 0 Å². The van der Waals surface area contributed by atoms with Crippen LogP contribution in [0.15, 0.2) is 42.5 Å². The van der Waals surface area contributed by atoms with Crippen molar-refractivity contribution in [3.05, 3.63) is 64.2 Å². The van der Waals surface area contributed by atoms with Gasteiger partial charge in [-0.1, -0.05) is 43.0 Å². The van der Waals surface area contributed by atoms with Crippen LogP contribution in [0.1, 0.15) is 53.6 Å². The second-order valence-electron chi connectivity index (χ2n) is 7.45. The van der Waals surface area contributed by atoms with E-state index in [2.05, 4.69) is 0 Å². The molecular formula is C22H22ClF3N2O2. The molecule has 0 bridgehead atoms. The predicted octanol–water partition coefficient (Wildman–Crippen LogP) is 5.37. The summed E-state index contributed by atoms with van der Waals surface area (Å²) in [6, 6.07) is 9.75. The maximum Gasteiger partial charge on any atom is 0.416 e. The van der Waals surface area contributed by atoms with Gasteiger partial charge in [0.1, 0.15) is 0 Å². The molecule has 1 aliphatic rings. The predicted molar refractivity (Wildman–Crippen MR) is 109 cm³/mol. The lowest BCUT2D eigenvalue weighted by Crippen LogP contribution is -2.42. The van der Waals surface area contributed by atoms with Gasteiger partial charge < -0.3 is 10.6 Å². The second-order valence-corrected chi connectivity index (χ2v) is 7.88. The lowest BCUT2D eigenvalue weighted by Gasteiger charge is -2.35. The van der Waals surface area contributed by atoms with Crippen molar-refractivity contribution in [2.75, 3.05) is 4.90 Å². The summed E-state index contributed by atoms with van der Waals surface area (Å²) in [7, 11) is 0. The molecule has 0 unspecified atom stereocenters. The van der Waals surface area contributed by atoms with Gasteiger partial charge in [0.05, 0.1) is 12.0 Å². The number of amides is 2. The van der Waals surface area contributed by atoms with Gasteiger partial charge in [0.15, 0.2) is 0 Å². The Kier molecular flexibility index (Phi) is 6.71. The molecule has 0 spiro atoms. The molecule has 1 fully saturated rings. The first kappa shape index (κ1) is 22.2. The SMILES string of the molecule is NC(=O)c1ccc(CC(=O)N(c2cccc(Cl)c2)C2CCCCC2)c(C(F)(F)F)c1. The number of alkyl halides is 3. The van der Waals surface area contributed by atoms with Gasteiger partial charge >= 0.3 is 6.18 Å². The molecule has 30 heavy (non-hydrogen) atoms. The van der Waals surface area contributed by atoms with E-state index in [-0.39, 0.29) is 17.2 Å². The van der Waals surface area contributed by atoms with Gasteiger partial charge in [-0.25, -0.2) is 0 Å². The molecule has 0 saturated heterocycles. The van der Waals surface area contributed by atoms with Crippen molar-refractivity contribution in [1.29, 1.82) is 0 Å². The highest BCUT2D eigenvalue weighted by molar-refractivity contribution is 6.30. The van der Waals surface area contributed by atoms with Crippen LogP contribution in [0, 0.1) is 0 Å². The van der Waals surface area contributed by atoms with Crippen molar-refractivity contribution in [2.24, 2.45) is 5.73 Å². The lowest BCUT2D eigenvalue weighted by atomic mass is 9.92. The van der Waals surface area contributed by atoms with Crippen LogP contribution in [0.4, 0.5) is 18.9 Å². The van der Waals surface area contributed by atoms with Crippen LogP contribution in [0.2, 0.25) is 5.02 Å². The molecule has 160 valence electrons. The van der Waals surface area contributed by atoms with E-state index in [1.165, 1.54) is 6.07 Å². The van der Waals surface area contributed by atoms with Crippen molar-refractivity contribution in [3.63, 3.8) is 0 Å². The number of halogens is 4. The van der Waals surface area contributed by atoms with Crippen molar-refractivity contribution in [1.82, 2.24) is 0 Å². The molecule has 0 radical (unpaired) electrons. The molecule has 2 amide bonds. The number of carbonyl (C=O) groups is 2. The lowest BCUT2D eigenvalue weighted by molar-refractivity contribution is -0.138. The summed E-state index contributed by atoms with van der Waals surface area (Å²) >= 11 is 6.09. The highest BCUT2D eigenvalue weighted by Crippen LogP contribution is 2.34. The Morgan fingerprint density at radius 3 is 2.37 bits per heavy atom. The fourth-order valence-corrected chi connectivity index (χ4v) is 4.10. The standard InChI is InChI=1S/C22H22ClF3N2O2/c23-16-5-4-8-18(13-16)28(17-6-2-1-3-7-17)20(29)12-14-9-10-15(21(27)30)11-19(14)22(24,25)26/h4-5,8-11,13,17H,1-3,6-7,12H2,(H2,27,30). The monoisotopic (exact) mass is 438 g/mol. The molecule has 0 atom stereocenters. The summed E-state index contributed by atoms with van der Waals surface area (Å²) in [5.41, 5.74) is 4.22. The average molecular weight is 439 g/mol. The van der Waals surface area contributed by atoms with Crippen LogP contribution in [-0.2, 0) is 17.4 Å². The molecule has 1 saturated carbocycles. The largest absolute Gasteiger partial charge is 0.416 e. The number of hydrogen-bond acceptors (Lipinski definition) is 2. The Labute approximate surface area is 177 Å². The van der Waals surface area contributed by atoms with E-state index in [9.17, 15) is 22.8 Å². The molecule has 2 N–H and O–H groups in total. The summed E-state index contributed by atoms with van der Waals surface area (Å²) in [6.45, 7) is 0. The molecular weight excluding hydrogens is 417 g/mol. The third-order valence-corrected chi connectivity index (χ3v) is 5.57. The van der Waals surface area contributed by atoms with Gasteiger partial charge in [-0.3, -0.25) is 9.59 Å². The molecule has 2 aromatic carbocycles.